The second kappa shape index (κ2) is 3.29. The lowest BCUT2D eigenvalue weighted by Crippen LogP contribution is -2.45. The van der Waals surface area contributed by atoms with Crippen LogP contribution in [-0.4, -0.2) is 25.9 Å². The molecule has 0 fully saturated rings. The first-order valence-electron chi connectivity index (χ1n) is 3.88. The number of methoxy groups -OCH3 is 2. The molecule has 2 N–H and O–H groups in total. The van der Waals surface area contributed by atoms with Crippen molar-refractivity contribution in [3.63, 3.8) is 0 Å². The van der Waals surface area contributed by atoms with Crippen LogP contribution in [0.25, 0.3) is 0 Å². The minimum Gasteiger partial charge on any atom is -0.497 e. The van der Waals surface area contributed by atoms with Crippen LogP contribution in [-0.2, 0) is 9.47 Å². The minimum absolute atomic E-state index is 0.151. The van der Waals surface area contributed by atoms with Gasteiger partial charge < -0.3 is 15.2 Å². The Kier molecular flexibility index (Phi) is 2.55. The van der Waals surface area contributed by atoms with Gasteiger partial charge in [-0.25, -0.2) is 0 Å². The molecule has 0 aromatic rings. The van der Waals surface area contributed by atoms with Gasteiger partial charge in [-0.3, -0.25) is 0 Å². The topological polar surface area (TPSA) is 44.5 Å². The second-order valence-electron chi connectivity index (χ2n) is 3.02. The predicted octanol–water partition coefficient (Wildman–Crippen LogP) is 0.819. The highest BCUT2D eigenvalue weighted by atomic mass is 16.5. The fourth-order valence-corrected chi connectivity index (χ4v) is 1.10. The molecule has 0 radical (unpaired) electrons. The molecule has 0 aromatic carbocycles. The summed E-state index contributed by atoms with van der Waals surface area (Å²) in [6.07, 6.45) is 5.63. The zero-order chi connectivity index (χ0) is 9.19. The Balaban J connectivity index is 2.81. The van der Waals surface area contributed by atoms with Gasteiger partial charge in [0.05, 0.1) is 13.2 Å². The molecular weight excluding hydrogens is 154 g/mol. The van der Waals surface area contributed by atoms with E-state index in [1.807, 2.05) is 25.2 Å². The van der Waals surface area contributed by atoms with Crippen molar-refractivity contribution in [3.05, 3.63) is 24.0 Å². The van der Waals surface area contributed by atoms with Gasteiger partial charge in [-0.2, -0.15) is 0 Å². The Morgan fingerprint density at radius 2 is 2.17 bits per heavy atom. The van der Waals surface area contributed by atoms with Crippen LogP contribution in [0.4, 0.5) is 0 Å². The van der Waals surface area contributed by atoms with Crippen LogP contribution in [0, 0.1) is 0 Å². The van der Waals surface area contributed by atoms with Gasteiger partial charge in [-0.1, -0.05) is 0 Å². The van der Waals surface area contributed by atoms with Crippen molar-refractivity contribution in [3.8, 4) is 0 Å². The van der Waals surface area contributed by atoms with E-state index in [1.165, 1.54) is 0 Å². The molecule has 0 saturated heterocycles. The van der Waals surface area contributed by atoms with E-state index in [0.717, 1.165) is 5.76 Å². The van der Waals surface area contributed by atoms with Gasteiger partial charge in [0.2, 0.25) is 0 Å². The van der Waals surface area contributed by atoms with Crippen molar-refractivity contribution in [2.75, 3.05) is 14.2 Å². The van der Waals surface area contributed by atoms with E-state index in [-0.39, 0.29) is 6.04 Å². The third kappa shape index (κ3) is 1.52. The van der Waals surface area contributed by atoms with Crippen LogP contribution in [0.1, 0.15) is 6.92 Å². The van der Waals surface area contributed by atoms with Crippen molar-refractivity contribution in [2.45, 2.75) is 18.6 Å². The maximum atomic E-state index is 5.86. The van der Waals surface area contributed by atoms with Gasteiger partial charge in [-0.15, -0.1) is 0 Å². The third-order valence-electron chi connectivity index (χ3n) is 2.26. The zero-order valence-electron chi connectivity index (χ0n) is 7.70. The zero-order valence-corrected chi connectivity index (χ0v) is 7.70. The number of nitrogens with two attached hydrogens (primary N) is 1. The first-order valence-corrected chi connectivity index (χ1v) is 3.88. The Morgan fingerprint density at radius 1 is 1.50 bits per heavy atom. The molecule has 0 bridgehead atoms. The Bertz CT molecular complexity index is 223. The highest BCUT2D eigenvalue weighted by Gasteiger charge is 2.30. The largest absolute Gasteiger partial charge is 0.497 e. The summed E-state index contributed by atoms with van der Waals surface area (Å²) in [6, 6.07) is -0.151. The number of hydrogen-bond donors (Lipinski definition) is 1. The van der Waals surface area contributed by atoms with Crippen LogP contribution in [0.5, 0.6) is 0 Å². The average Bonchev–Trinajstić information content (AvgIpc) is 2.10. The summed E-state index contributed by atoms with van der Waals surface area (Å²) in [5.74, 6) is 0.789. The molecule has 0 saturated carbocycles. The van der Waals surface area contributed by atoms with Crippen LogP contribution in [0.3, 0.4) is 0 Å². The molecule has 1 aliphatic carbocycles. The fourth-order valence-electron chi connectivity index (χ4n) is 1.10. The van der Waals surface area contributed by atoms with Crippen molar-refractivity contribution in [2.24, 2.45) is 5.73 Å². The van der Waals surface area contributed by atoms with Crippen LogP contribution in [0.2, 0.25) is 0 Å². The van der Waals surface area contributed by atoms with E-state index in [1.54, 1.807) is 14.2 Å². The highest BCUT2D eigenvalue weighted by molar-refractivity contribution is 5.28. The lowest BCUT2D eigenvalue weighted by Gasteiger charge is -2.31. The SMILES string of the molecule is COC1=CC(N)C(C)(OC)C=C1. The maximum Gasteiger partial charge on any atom is 0.116 e. The standard InChI is InChI=1S/C9H15NO2/c1-9(12-3)5-4-7(11-2)6-8(9)10/h4-6,8H,10H2,1-3H3. The van der Waals surface area contributed by atoms with Gasteiger partial charge in [0, 0.05) is 7.11 Å². The van der Waals surface area contributed by atoms with Crippen molar-refractivity contribution < 1.29 is 9.47 Å². The van der Waals surface area contributed by atoms with Gasteiger partial charge in [-0.05, 0) is 25.2 Å². The van der Waals surface area contributed by atoms with E-state index < -0.39 is 5.60 Å². The Hall–Kier alpha value is -0.800. The summed E-state index contributed by atoms with van der Waals surface area (Å²) in [5, 5.41) is 0. The van der Waals surface area contributed by atoms with Crippen LogP contribution < -0.4 is 5.73 Å². The van der Waals surface area contributed by atoms with Crippen molar-refractivity contribution >= 4 is 0 Å². The summed E-state index contributed by atoms with van der Waals surface area (Å²) in [4.78, 5) is 0. The first-order chi connectivity index (χ1) is 5.62. The minimum atomic E-state index is -0.401. The van der Waals surface area contributed by atoms with E-state index in [4.69, 9.17) is 15.2 Å². The van der Waals surface area contributed by atoms with E-state index >= 15 is 0 Å². The second-order valence-corrected chi connectivity index (χ2v) is 3.02. The quantitative estimate of drug-likeness (QED) is 0.665. The molecule has 3 nitrogen and oxygen atoms in total. The number of rotatable bonds is 2. The molecule has 0 heterocycles. The number of ether oxygens (including phenoxy) is 2. The normalized spacial score (nSPS) is 34.7. The summed E-state index contributed by atoms with van der Waals surface area (Å²) >= 11 is 0. The molecule has 0 amide bonds. The molecule has 2 atom stereocenters. The molecule has 0 aliphatic heterocycles. The molecule has 12 heavy (non-hydrogen) atoms. The molecule has 1 rings (SSSR count). The number of allylic oxidation sites excluding steroid dienone is 1. The fraction of sp³-hybridized carbons (Fsp3) is 0.556. The first kappa shape index (κ1) is 9.29. The lowest BCUT2D eigenvalue weighted by molar-refractivity contribution is 0.0352. The van der Waals surface area contributed by atoms with E-state index in [9.17, 15) is 0 Å². The lowest BCUT2D eigenvalue weighted by atomic mass is 9.92. The molecule has 3 heteroatoms. The Morgan fingerprint density at radius 3 is 2.58 bits per heavy atom. The predicted molar refractivity (Wildman–Crippen MR) is 47.6 cm³/mol. The van der Waals surface area contributed by atoms with E-state index in [2.05, 4.69) is 0 Å². The summed E-state index contributed by atoms with van der Waals surface area (Å²) in [5.41, 5.74) is 5.46. The average molecular weight is 169 g/mol. The van der Waals surface area contributed by atoms with Gasteiger partial charge in [0.25, 0.3) is 0 Å². The molecule has 0 aromatic heterocycles. The van der Waals surface area contributed by atoms with Gasteiger partial charge >= 0.3 is 0 Å². The smallest absolute Gasteiger partial charge is 0.116 e. The summed E-state index contributed by atoms with van der Waals surface area (Å²) in [6.45, 7) is 1.94. The monoisotopic (exact) mass is 169 g/mol. The molecular formula is C9H15NO2. The molecule has 68 valence electrons. The molecule has 1 aliphatic rings. The van der Waals surface area contributed by atoms with Crippen LogP contribution >= 0.6 is 0 Å². The van der Waals surface area contributed by atoms with Crippen molar-refractivity contribution in [1.82, 2.24) is 0 Å². The van der Waals surface area contributed by atoms with Crippen LogP contribution in [0.15, 0.2) is 24.0 Å². The maximum absolute atomic E-state index is 5.86. The summed E-state index contributed by atoms with van der Waals surface area (Å²) in [7, 11) is 3.27. The van der Waals surface area contributed by atoms with Crippen molar-refractivity contribution in [1.29, 1.82) is 0 Å². The molecule has 0 spiro atoms. The van der Waals surface area contributed by atoms with Gasteiger partial charge in [0.15, 0.2) is 0 Å². The summed E-state index contributed by atoms with van der Waals surface area (Å²) < 4.78 is 10.3. The third-order valence-corrected chi connectivity index (χ3v) is 2.26. The highest BCUT2D eigenvalue weighted by Crippen LogP contribution is 2.22. The molecule has 2 unspecified atom stereocenters. The Labute approximate surface area is 72.8 Å². The van der Waals surface area contributed by atoms with E-state index in [0.29, 0.717) is 0 Å². The number of hydrogen-bond acceptors (Lipinski definition) is 3. The van der Waals surface area contributed by atoms with Gasteiger partial charge in [0.1, 0.15) is 11.4 Å².